The fraction of sp³-hybridized carbons (Fsp3) is 0.263. The predicted octanol–water partition coefficient (Wildman–Crippen LogP) is 2.70. The number of thioether (sulfide) groups is 1. The third-order valence-electron chi connectivity index (χ3n) is 3.56. The van der Waals surface area contributed by atoms with E-state index in [4.69, 9.17) is 9.47 Å². The molecule has 9 nitrogen and oxygen atoms in total. The molecule has 0 radical (unpaired) electrons. The van der Waals surface area contributed by atoms with Gasteiger partial charge in [-0.15, -0.1) is 11.8 Å². The normalized spacial score (nSPS) is 11.2. The van der Waals surface area contributed by atoms with Gasteiger partial charge in [-0.1, -0.05) is 0 Å². The molecule has 0 bridgehead atoms. The Balaban J connectivity index is 1.72. The van der Waals surface area contributed by atoms with Crippen molar-refractivity contribution in [3.05, 3.63) is 58.6 Å². The smallest absolute Gasteiger partial charge is 0.279 e. The second kappa shape index (κ2) is 10.9. The van der Waals surface area contributed by atoms with Crippen molar-refractivity contribution in [3.63, 3.8) is 0 Å². The van der Waals surface area contributed by atoms with Gasteiger partial charge in [-0.05, 0) is 50.2 Å². The molecule has 0 aliphatic rings. The molecule has 0 fully saturated rings. The lowest BCUT2D eigenvalue weighted by Gasteiger charge is -2.15. The maximum atomic E-state index is 12.1. The molecule has 0 saturated heterocycles. The highest BCUT2D eigenvalue weighted by molar-refractivity contribution is 8.00. The van der Waals surface area contributed by atoms with Crippen LogP contribution in [0.5, 0.6) is 11.5 Å². The molecule has 0 unspecified atom stereocenters. The monoisotopic (exact) mass is 419 g/mol. The van der Waals surface area contributed by atoms with E-state index in [1.165, 1.54) is 23.9 Å². The van der Waals surface area contributed by atoms with Crippen molar-refractivity contribution < 1.29 is 24.0 Å². The summed E-state index contributed by atoms with van der Waals surface area (Å²) in [5.41, 5.74) is 4.59. The van der Waals surface area contributed by atoms with Crippen molar-refractivity contribution in [1.29, 1.82) is 0 Å². The average molecular weight is 419 g/mol. The number of carbonyl (C=O) groups is 2. The van der Waals surface area contributed by atoms with Crippen LogP contribution < -0.4 is 20.3 Å². The number of rotatable bonds is 9. The lowest BCUT2D eigenvalue weighted by atomic mass is 10.3. The van der Waals surface area contributed by atoms with Crippen molar-refractivity contribution in [1.82, 2.24) is 10.9 Å². The van der Waals surface area contributed by atoms with Crippen LogP contribution in [0.4, 0.5) is 5.69 Å². The van der Waals surface area contributed by atoms with Gasteiger partial charge >= 0.3 is 0 Å². The summed E-state index contributed by atoms with van der Waals surface area (Å²) in [6, 6.07) is 12.7. The van der Waals surface area contributed by atoms with Crippen molar-refractivity contribution in [2.75, 3.05) is 12.4 Å². The molecule has 2 amide bonds. The first-order valence-corrected chi connectivity index (χ1v) is 9.73. The zero-order valence-electron chi connectivity index (χ0n) is 15.9. The summed E-state index contributed by atoms with van der Waals surface area (Å²) in [7, 11) is 0. The van der Waals surface area contributed by atoms with Gasteiger partial charge in [-0.25, -0.2) is 0 Å². The van der Waals surface area contributed by atoms with Gasteiger partial charge in [-0.3, -0.25) is 30.6 Å². The van der Waals surface area contributed by atoms with Gasteiger partial charge in [0.25, 0.3) is 11.6 Å². The molecule has 2 aromatic rings. The highest BCUT2D eigenvalue weighted by Crippen LogP contribution is 2.21. The first-order valence-electron chi connectivity index (χ1n) is 8.74. The van der Waals surface area contributed by atoms with E-state index in [0.29, 0.717) is 23.0 Å². The standard InChI is InChI=1S/C19H21N3O6S/c1-3-27-15-6-8-16(9-7-15)28-13(2)19(24)21-20-18(23)12-29-17-10-4-14(5-11-17)22(25)26/h4-11,13H,3,12H2,1-2H3,(H,20,23)(H,21,24)/t13-/m0/s1. The van der Waals surface area contributed by atoms with Crippen LogP contribution in [0.2, 0.25) is 0 Å². The fourth-order valence-corrected chi connectivity index (χ4v) is 2.82. The molecule has 0 spiro atoms. The van der Waals surface area contributed by atoms with Gasteiger partial charge in [0.2, 0.25) is 5.91 Å². The van der Waals surface area contributed by atoms with Gasteiger partial charge < -0.3 is 9.47 Å². The third-order valence-corrected chi connectivity index (χ3v) is 4.57. The Hall–Kier alpha value is -3.27. The minimum atomic E-state index is -0.824. The molecule has 2 rings (SSSR count). The number of ether oxygens (including phenoxy) is 2. The van der Waals surface area contributed by atoms with Crippen molar-refractivity contribution in [2.24, 2.45) is 0 Å². The summed E-state index contributed by atoms with van der Waals surface area (Å²) in [4.78, 5) is 34.7. The highest BCUT2D eigenvalue weighted by Gasteiger charge is 2.15. The lowest BCUT2D eigenvalue weighted by Crippen LogP contribution is -2.47. The largest absolute Gasteiger partial charge is 0.494 e. The second-order valence-corrected chi connectivity index (χ2v) is 6.79. The maximum Gasteiger partial charge on any atom is 0.279 e. The predicted molar refractivity (Wildman–Crippen MR) is 108 cm³/mol. The summed E-state index contributed by atoms with van der Waals surface area (Å²) < 4.78 is 10.9. The van der Waals surface area contributed by atoms with Crippen molar-refractivity contribution in [2.45, 2.75) is 24.8 Å². The Morgan fingerprint density at radius 1 is 1.07 bits per heavy atom. The Morgan fingerprint density at radius 2 is 1.69 bits per heavy atom. The summed E-state index contributed by atoms with van der Waals surface area (Å²) in [6.07, 6.45) is -0.824. The number of hydrogen-bond donors (Lipinski definition) is 2. The fourth-order valence-electron chi connectivity index (χ4n) is 2.12. The molecule has 0 saturated carbocycles. The Bertz CT molecular complexity index is 842. The van der Waals surface area contributed by atoms with Gasteiger partial charge in [0, 0.05) is 17.0 Å². The number of nitrogens with zero attached hydrogens (tertiary/aromatic N) is 1. The van der Waals surface area contributed by atoms with Gasteiger partial charge in [0.15, 0.2) is 6.10 Å². The van der Waals surface area contributed by atoms with Crippen molar-refractivity contribution in [3.8, 4) is 11.5 Å². The van der Waals surface area contributed by atoms with Crippen LogP contribution >= 0.6 is 11.8 Å². The average Bonchev–Trinajstić information content (AvgIpc) is 2.72. The molecule has 0 aromatic heterocycles. The quantitative estimate of drug-likeness (QED) is 0.364. The number of nitrogens with one attached hydrogen (secondary N) is 2. The first-order chi connectivity index (χ1) is 13.9. The highest BCUT2D eigenvalue weighted by atomic mass is 32.2. The van der Waals surface area contributed by atoms with E-state index in [1.807, 2.05) is 6.92 Å². The van der Waals surface area contributed by atoms with Crippen molar-refractivity contribution >= 4 is 29.3 Å². The maximum absolute atomic E-state index is 12.1. The van der Waals surface area contributed by atoms with E-state index in [2.05, 4.69) is 10.9 Å². The van der Waals surface area contributed by atoms with Crippen LogP contribution in [0.25, 0.3) is 0 Å². The van der Waals surface area contributed by atoms with Crippen LogP contribution in [0, 0.1) is 10.1 Å². The molecule has 1 atom stereocenters. The lowest BCUT2D eigenvalue weighted by molar-refractivity contribution is -0.384. The van der Waals surface area contributed by atoms with E-state index in [9.17, 15) is 19.7 Å². The van der Waals surface area contributed by atoms with Crippen LogP contribution in [0.1, 0.15) is 13.8 Å². The van der Waals surface area contributed by atoms with E-state index in [-0.39, 0.29) is 11.4 Å². The number of hydrogen-bond acceptors (Lipinski definition) is 7. The first kappa shape index (κ1) is 22.0. The summed E-state index contributed by atoms with van der Waals surface area (Å²) >= 11 is 1.19. The van der Waals surface area contributed by atoms with Crippen LogP contribution in [0.15, 0.2) is 53.4 Å². The molecule has 0 heterocycles. The zero-order valence-corrected chi connectivity index (χ0v) is 16.7. The summed E-state index contributed by atoms with van der Waals surface area (Å²) in [5.74, 6) is 0.306. The molecule has 0 aliphatic heterocycles. The Labute approximate surface area is 171 Å². The molecule has 10 heteroatoms. The van der Waals surface area contributed by atoms with Gasteiger partial charge in [0.1, 0.15) is 11.5 Å². The van der Waals surface area contributed by atoms with E-state index in [1.54, 1.807) is 43.3 Å². The number of carbonyl (C=O) groups excluding carboxylic acids is 2. The molecule has 2 N–H and O–H groups in total. The molecular formula is C19H21N3O6S. The summed E-state index contributed by atoms with van der Waals surface area (Å²) in [5, 5.41) is 10.6. The van der Waals surface area contributed by atoms with Gasteiger partial charge in [-0.2, -0.15) is 0 Å². The van der Waals surface area contributed by atoms with E-state index >= 15 is 0 Å². The number of amides is 2. The minimum Gasteiger partial charge on any atom is -0.494 e. The minimum absolute atomic E-state index is 0.0208. The Morgan fingerprint density at radius 3 is 2.28 bits per heavy atom. The second-order valence-electron chi connectivity index (χ2n) is 5.74. The molecule has 2 aromatic carbocycles. The number of benzene rings is 2. The van der Waals surface area contributed by atoms with Crippen LogP contribution in [-0.2, 0) is 9.59 Å². The number of nitro groups is 1. The summed E-state index contributed by atoms with van der Waals surface area (Å²) in [6.45, 7) is 4.00. The molecule has 0 aliphatic carbocycles. The molecular weight excluding hydrogens is 398 g/mol. The molecule has 29 heavy (non-hydrogen) atoms. The number of hydrazine groups is 1. The molecule has 154 valence electrons. The van der Waals surface area contributed by atoms with Crippen LogP contribution in [0.3, 0.4) is 0 Å². The van der Waals surface area contributed by atoms with Crippen LogP contribution in [-0.4, -0.2) is 35.2 Å². The van der Waals surface area contributed by atoms with E-state index < -0.39 is 22.8 Å². The van der Waals surface area contributed by atoms with E-state index in [0.717, 1.165) is 0 Å². The number of nitro benzene ring substituents is 1. The topological polar surface area (TPSA) is 120 Å². The van der Waals surface area contributed by atoms with Gasteiger partial charge in [0.05, 0.1) is 17.3 Å². The Kier molecular flexibility index (Phi) is 8.28. The SMILES string of the molecule is CCOc1ccc(O[C@@H](C)C(=O)NNC(=O)CSc2ccc([N+](=O)[O-])cc2)cc1. The number of non-ortho nitro benzene ring substituents is 1. The third kappa shape index (κ3) is 7.34. The zero-order chi connectivity index (χ0) is 21.2.